The number of H-pyrrole nitrogens is 1. The summed E-state index contributed by atoms with van der Waals surface area (Å²) in [7, 11) is 0. The molecule has 0 fully saturated rings. The van der Waals surface area contributed by atoms with Crippen molar-refractivity contribution in [2.45, 2.75) is 19.9 Å². The molecule has 1 amide bonds. The standard InChI is InChI=1S/C23H20FN5O2/c1-15-12-25-23(31)29(15)19-4-2-3-16(11-19)22(30)27-10-9-21-20(13-27)26-14-28(21)18-7-5-17(24)6-8-18/h2-8,11-12,14H,9-10,13H2,1H3,(H,25,31). The molecule has 0 atom stereocenters. The van der Waals surface area contributed by atoms with Crippen LogP contribution >= 0.6 is 0 Å². The van der Waals surface area contributed by atoms with Crippen molar-refractivity contribution < 1.29 is 9.18 Å². The summed E-state index contributed by atoms with van der Waals surface area (Å²) < 4.78 is 16.7. The fraction of sp³-hybridized carbons (Fsp3) is 0.174. The van der Waals surface area contributed by atoms with Crippen LogP contribution in [0.4, 0.5) is 4.39 Å². The minimum absolute atomic E-state index is 0.106. The Labute approximate surface area is 177 Å². The largest absolute Gasteiger partial charge is 0.332 e. The number of nitrogens with zero attached hydrogens (tertiary/aromatic N) is 4. The zero-order chi connectivity index (χ0) is 21.5. The lowest BCUT2D eigenvalue weighted by atomic mass is 10.1. The highest BCUT2D eigenvalue weighted by molar-refractivity contribution is 5.94. The quantitative estimate of drug-likeness (QED) is 0.557. The highest BCUT2D eigenvalue weighted by Gasteiger charge is 2.26. The van der Waals surface area contributed by atoms with Crippen LogP contribution in [-0.2, 0) is 13.0 Å². The van der Waals surface area contributed by atoms with Crippen LogP contribution in [0.5, 0.6) is 0 Å². The number of fused-ring (bicyclic) bond motifs is 1. The molecular formula is C23H20FN5O2. The normalized spacial score (nSPS) is 13.3. The number of carbonyl (C=O) groups excluding carboxylic acids is 1. The van der Waals surface area contributed by atoms with Gasteiger partial charge in [0.25, 0.3) is 5.91 Å². The van der Waals surface area contributed by atoms with Crippen LogP contribution in [0.15, 0.2) is 65.8 Å². The van der Waals surface area contributed by atoms with E-state index >= 15 is 0 Å². The van der Waals surface area contributed by atoms with E-state index in [2.05, 4.69) is 9.97 Å². The van der Waals surface area contributed by atoms with Gasteiger partial charge in [-0.3, -0.25) is 9.36 Å². The van der Waals surface area contributed by atoms with E-state index < -0.39 is 0 Å². The van der Waals surface area contributed by atoms with Gasteiger partial charge in [0.1, 0.15) is 5.82 Å². The summed E-state index contributed by atoms with van der Waals surface area (Å²) in [4.78, 5) is 34.2. The number of rotatable bonds is 3. The van der Waals surface area contributed by atoms with E-state index in [9.17, 15) is 14.0 Å². The molecule has 2 aromatic carbocycles. The highest BCUT2D eigenvalue weighted by atomic mass is 19.1. The van der Waals surface area contributed by atoms with Crippen LogP contribution in [0, 0.1) is 12.7 Å². The van der Waals surface area contributed by atoms with Crippen molar-refractivity contribution in [1.29, 1.82) is 0 Å². The van der Waals surface area contributed by atoms with Crippen LogP contribution in [0.1, 0.15) is 27.4 Å². The molecule has 0 bridgehead atoms. The molecule has 8 heteroatoms. The van der Waals surface area contributed by atoms with Gasteiger partial charge in [-0.1, -0.05) is 6.07 Å². The number of carbonyl (C=O) groups is 1. The Morgan fingerprint density at radius 3 is 2.68 bits per heavy atom. The minimum atomic E-state index is -0.283. The van der Waals surface area contributed by atoms with Crippen molar-refractivity contribution in [2.24, 2.45) is 0 Å². The third-order valence-electron chi connectivity index (χ3n) is 5.62. The maximum atomic E-state index is 13.2. The summed E-state index contributed by atoms with van der Waals surface area (Å²) in [5.74, 6) is -0.390. The summed E-state index contributed by atoms with van der Waals surface area (Å²) >= 11 is 0. The van der Waals surface area contributed by atoms with Gasteiger partial charge in [0.15, 0.2) is 0 Å². The zero-order valence-corrected chi connectivity index (χ0v) is 16.9. The molecule has 1 N–H and O–H groups in total. The Morgan fingerprint density at radius 1 is 1.13 bits per heavy atom. The SMILES string of the molecule is Cc1c[nH]c(=O)n1-c1cccc(C(=O)N2CCc3c(ncn3-c3ccc(F)cc3)C2)c1. The molecule has 0 radical (unpaired) electrons. The minimum Gasteiger partial charge on any atom is -0.332 e. The Hall–Kier alpha value is -3.94. The third-order valence-corrected chi connectivity index (χ3v) is 5.62. The topological polar surface area (TPSA) is 75.9 Å². The lowest BCUT2D eigenvalue weighted by Crippen LogP contribution is -2.36. The van der Waals surface area contributed by atoms with Gasteiger partial charge in [-0.05, 0) is 49.4 Å². The molecule has 0 spiro atoms. The fourth-order valence-corrected chi connectivity index (χ4v) is 4.04. The van der Waals surface area contributed by atoms with Gasteiger partial charge in [0.2, 0.25) is 0 Å². The highest BCUT2D eigenvalue weighted by Crippen LogP contribution is 2.23. The van der Waals surface area contributed by atoms with E-state index in [1.807, 2.05) is 11.5 Å². The molecule has 1 aliphatic heterocycles. The molecule has 0 saturated carbocycles. The first-order valence-corrected chi connectivity index (χ1v) is 9.99. The lowest BCUT2D eigenvalue weighted by molar-refractivity contribution is 0.0731. The molecule has 31 heavy (non-hydrogen) atoms. The predicted molar refractivity (Wildman–Crippen MR) is 113 cm³/mol. The van der Waals surface area contributed by atoms with Gasteiger partial charge in [-0.15, -0.1) is 0 Å². The number of benzene rings is 2. The fourth-order valence-electron chi connectivity index (χ4n) is 4.04. The van der Waals surface area contributed by atoms with Gasteiger partial charge >= 0.3 is 5.69 Å². The molecule has 0 saturated heterocycles. The van der Waals surface area contributed by atoms with Crippen molar-refractivity contribution >= 4 is 5.91 Å². The van der Waals surface area contributed by atoms with Crippen LogP contribution in [0.25, 0.3) is 11.4 Å². The average Bonchev–Trinajstić information content (AvgIpc) is 3.36. The molecule has 0 unspecified atom stereocenters. The van der Waals surface area contributed by atoms with Crippen molar-refractivity contribution in [1.82, 2.24) is 24.0 Å². The molecule has 0 aliphatic carbocycles. The maximum Gasteiger partial charge on any atom is 0.330 e. The van der Waals surface area contributed by atoms with Gasteiger partial charge < -0.3 is 14.5 Å². The molecule has 156 valence electrons. The Balaban J connectivity index is 1.40. The zero-order valence-electron chi connectivity index (χ0n) is 16.9. The smallest absolute Gasteiger partial charge is 0.330 e. The molecule has 5 rings (SSSR count). The third kappa shape index (κ3) is 3.35. The van der Waals surface area contributed by atoms with E-state index in [-0.39, 0.29) is 17.4 Å². The predicted octanol–water partition coefficient (Wildman–Crippen LogP) is 3.00. The van der Waals surface area contributed by atoms with E-state index in [1.54, 1.807) is 53.8 Å². The second-order valence-corrected chi connectivity index (χ2v) is 7.58. The monoisotopic (exact) mass is 417 g/mol. The van der Waals surface area contributed by atoms with Gasteiger partial charge in [0.05, 0.1) is 24.3 Å². The van der Waals surface area contributed by atoms with Gasteiger partial charge in [-0.2, -0.15) is 0 Å². The molecule has 2 aromatic heterocycles. The van der Waals surface area contributed by atoms with Crippen molar-refractivity contribution in [3.8, 4) is 11.4 Å². The number of aromatic nitrogens is 4. The number of hydrogen-bond donors (Lipinski definition) is 1. The number of imidazole rings is 2. The van der Waals surface area contributed by atoms with E-state index in [1.165, 1.54) is 16.7 Å². The molecule has 3 heterocycles. The Kier molecular flexibility index (Phi) is 4.54. The number of hydrogen-bond acceptors (Lipinski definition) is 3. The second-order valence-electron chi connectivity index (χ2n) is 7.58. The van der Waals surface area contributed by atoms with Crippen LogP contribution < -0.4 is 5.69 Å². The van der Waals surface area contributed by atoms with Crippen LogP contribution in [-0.4, -0.2) is 36.5 Å². The molecular weight excluding hydrogens is 397 g/mol. The van der Waals surface area contributed by atoms with Gasteiger partial charge in [0, 0.05) is 41.8 Å². The second kappa shape index (κ2) is 7.39. The number of nitrogens with one attached hydrogen (secondary N) is 1. The number of aryl methyl sites for hydroxylation is 1. The summed E-state index contributed by atoms with van der Waals surface area (Å²) in [6.07, 6.45) is 4.00. The molecule has 7 nitrogen and oxygen atoms in total. The molecule has 4 aromatic rings. The first-order chi connectivity index (χ1) is 15.0. The van der Waals surface area contributed by atoms with Crippen LogP contribution in [0.2, 0.25) is 0 Å². The van der Waals surface area contributed by atoms with Crippen LogP contribution in [0.3, 0.4) is 0 Å². The van der Waals surface area contributed by atoms with E-state index in [0.717, 1.165) is 22.8 Å². The average molecular weight is 417 g/mol. The van der Waals surface area contributed by atoms with Crippen molar-refractivity contribution in [3.63, 3.8) is 0 Å². The maximum absolute atomic E-state index is 13.2. The van der Waals surface area contributed by atoms with Crippen molar-refractivity contribution in [3.05, 3.63) is 100 Å². The summed E-state index contributed by atoms with van der Waals surface area (Å²) in [6, 6.07) is 13.3. The molecule has 1 aliphatic rings. The number of aromatic amines is 1. The van der Waals surface area contributed by atoms with Crippen molar-refractivity contribution in [2.75, 3.05) is 6.54 Å². The first kappa shape index (κ1) is 19.0. The first-order valence-electron chi connectivity index (χ1n) is 9.99. The summed E-state index contributed by atoms with van der Waals surface area (Å²) in [5.41, 5.74) is 4.39. The lowest BCUT2D eigenvalue weighted by Gasteiger charge is -2.27. The number of amides is 1. The summed E-state index contributed by atoms with van der Waals surface area (Å²) in [5, 5.41) is 0. The summed E-state index contributed by atoms with van der Waals surface area (Å²) in [6.45, 7) is 2.78. The van der Waals surface area contributed by atoms with Gasteiger partial charge in [-0.25, -0.2) is 14.2 Å². The van der Waals surface area contributed by atoms with E-state index in [4.69, 9.17) is 0 Å². The number of halogens is 1. The Morgan fingerprint density at radius 2 is 1.94 bits per heavy atom. The van der Waals surface area contributed by atoms with E-state index in [0.29, 0.717) is 30.8 Å². The Bertz CT molecular complexity index is 1330.